The van der Waals surface area contributed by atoms with Crippen molar-refractivity contribution in [2.75, 3.05) is 31.8 Å². The van der Waals surface area contributed by atoms with Crippen molar-refractivity contribution in [1.29, 1.82) is 0 Å². The molecule has 1 unspecified atom stereocenters. The molecule has 0 heterocycles. The van der Waals surface area contributed by atoms with E-state index in [1.165, 1.54) is 7.11 Å². The van der Waals surface area contributed by atoms with Gasteiger partial charge in [0, 0.05) is 13.7 Å². The Kier molecular flexibility index (Phi) is 6.94. The summed E-state index contributed by atoms with van der Waals surface area (Å²) in [5, 5.41) is 9.70. The lowest BCUT2D eigenvalue weighted by atomic mass is 10.2. The molecule has 0 amide bonds. The van der Waals surface area contributed by atoms with Crippen LogP contribution in [0, 0.1) is 0 Å². The van der Waals surface area contributed by atoms with Gasteiger partial charge in [0.05, 0.1) is 18.1 Å². The van der Waals surface area contributed by atoms with Gasteiger partial charge in [0.15, 0.2) is 9.84 Å². The molecule has 1 rings (SSSR count). The molecule has 0 aliphatic rings. The second-order valence-electron chi connectivity index (χ2n) is 4.42. The molecular weight excluding hydrogens is 282 g/mol. The summed E-state index contributed by atoms with van der Waals surface area (Å²) in [5.74, 6) is 0.108. The summed E-state index contributed by atoms with van der Waals surface area (Å²) in [5.41, 5.74) is 6.42. The lowest BCUT2D eigenvalue weighted by Gasteiger charge is -2.13. The van der Waals surface area contributed by atoms with E-state index < -0.39 is 15.9 Å². The van der Waals surface area contributed by atoms with Gasteiger partial charge in [0.2, 0.25) is 0 Å². The van der Waals surface area contributed by atoms with Crippen LogP contribution in [-0.4, -0.2) is 51.5 Å². The van der Waals surface area contributed by atoms with E-state index >= 15 is 0 Å². The Balaban J connectivity index is 2.44. The molecule has 1 aromatic carbocycles. The summed E-state index contributed by atoms with van der Waals surface area (Å²) in [6.07, 6.45) is -1.07. The number of rotatable bonds is 9. The van der Waals surface area contributed by atoms with Gasteiger partial charge in [-0.3, -0.25) is 0 Å². The second kappa shape index (κ2) is 8.21. The number of aliphatic hydroxyl groups excluding tert-OH is 1. The van der Waals surface area contributed by atoms with Crippen LogP contribution in [0.5, 0.6) is 5.75 Å². The Hall–Kier alpha value is -1.15. The van der Waals surface area contributed by atoms with E-state index in [0.717, 1.165) is 5.56 Å². The molecule has 0 saturated carbocycles. The molecule has 1 aromatic rings. The van der Waals surface area contributed by atoms with E-state index in [0.29, 0.717) is 12.3 Å². The molecule has 6 nitrogen and oxygen atoms in total. The van der Waals surface area contributed by atoms with E-state index in [9.17, 15) is 13.5 Å². The third-order valence-electron chi connectivity index (χ3n) is 2.62. The van der Waals surface area contributed by atoms with Gasteiger partial charge in [-0.1, -0.05) is 12.1 Å². The normalized spacial score (nSPS) is 13.2. The number of nitrogens with two attached hydrogens (primary N) is 1. The van der Waals surface area contributed by atoms with Crippen molar-refractivity contribution < 1.29 is 23.0 Å². The van der Waals surface area contributed by atoms with Crippen molar-refractivity contribution in [3.63, 3.8) is 0 Å². The third-order valence-corrected chi connectivity index (χ3v) is 4.30. The molecule has 0 radical (unpaired) electrons. The number of benzene rings is 1. The molecule has 0 saturated heterocycles. The van der Waals surface area contributed by atoms with Crippen LogP contribution in [0.25, 0.3) is 0 Å². The fourth-order valence-corrected chi connectivity index (χ4v) is 2.86. The molecule has 0 spiro atoms. The Bertz CT molecular complexity index is 503. The number of methoxy groups -OCH3 is 1. The molecule has 1 atom stereocenters. The molecule has 0 fully saturated rings. The smallest absolute Gasteiger partial charge is 0.155 e. The number of hydrogen-bond donors (Lipinski definition) is 2. The van der Waals surface area contributed by atoms with Crippen molar-refractivity contribution >= 4 is 9.84 Å². The standard InChI is InChI=1S/C13H21NO5S/c1-18-5-6-20(16,17)10-12(15)9-19-13-4-2-3-11(7-13)8-14/h2-4,7,12,15H,5-6,8-10,14H2,1H3. The summed E-state index contributed by atoms with van der Waals surface area (Å²) in [7, 11) is -1.91. The van der Waals surface area contributed by atoms with Crippen LogP contribution in [0.3, 0.4) is 0 Å². The van der Waals surface area contributed by atoms with Crippen LogP contribution in [0.15, 0.2) is 24.3 Å². The highest BCUT2D eigenvalue weighted by molar-refractivity contribution is 7.91. The molecule has 0 aromatic heterocycles. The number of aliphatic hydroxyl groups is 1. The fraction of sp³-hybridized carbons (Fsp3) is 0.538. The number of hydrogen-bond acceptors (Lipinski definition) is 6. The van der Waals surface area contributed by atoms with Gasteiger partial charge in [-0.25, -0.2) is 8.42 Å². The molecule has 7 heteroatoms. The quantitative estimate of drug-likeness (QED) is 0.663. The van der Waals surface area contributed by atoms with E-state index in [4.69, 9.17) is 15.2 Å². The highest BCUT2D eigenvalue weighted by Gasteiger charge is 2.17. The zero-order valence-electron chi connectivity index (χ0n) is 11.5. The number of ether oxygens (including phenoxy) is 2. The van der Waals surface area contributed by atoms with Crippen LogP contribution in [0.4, 0.5) is 0 Å². The zero-order chi connectivity index (χ0) is 15.0. The average Bonchev–Trinajstić information content (AvgIpc) is 2.43. The lowest BCUT2D eigenvalue weighted by Crippen LogP contribution is -2.29. The molecule has 0 bridgehead atoms. The fourth-order valence-electron chi connectivity index (χ4n) is 1.59. The summed E-state index contributed by atoms with van der Waals surface area (Å²) in [4.78, 5) is 0. The maximum Gasteiger partial charge on any atom is 0.155 e. The van der Waals surface area contributed by atoms with Gasteiger partial charge in [0.1, 0.15) is 18.5 Å². The van der Waals surface area contributed by atoms with Crippen LogP contribution >= 0.6 is 0 Å². The monoisotopic (exact) mass is 303 g/mol. The van der Waals surface area contributed by atoms with E-state index in [2.05, 4.69) is 0 Å². The average molecular weight is 303 g/mol. The minimum absolute atomic E-state index is 0.0831. The van der Waals surface area contributed by atoms with E-state index in [-0.39, 0.29) is 24.7 Å². The molecular formula is C13H21NO5S. The predicted octanol–water partition coefficient (Wildman–Crippen LogP) is -0.0538. The molecule has 114 valence electrons. The summed E-state index contributed by atoms with van der Waals surface area (Å²) in [6, 6.07) is 7.13. The van der Waals surface area contributed by atoms with Crippen molar-refractivity contribution in [3.8, 4) is 5.75 Å². The SMILES string of the molecule is COCCS(=O)(=O)CC(O)COc1cccc(CN)c1. The molecule has 20 heavy (non-hydrogen) atoms. The predicted molar refractivity (Wildman–Crippen MR) is 76.4 cm³/mol. The zero-order valence-corrected chi connectivity index (χ0v) is 12.3. The summed E-state index contributed by atoms with van der Waals surface area (Å²) in [6.45, 7) is 0.430. The minimum atomic E-state index is -3.34. The van der Waals surface area contributed by atoms with Gasteiger partial charge in [-0.2, -0.15) is 0 Å². The highest BCUT2D eigenvalue weighted by Crippen LogP contribution is 2.13. The maximum absolute atomic E-state index is 11.6. The first-order valence-corrected chi connectivity index (χ1v) is 8.08. The Morgan fingerprint density at radius 2 is 2.15 bits per heavy atom. The second-order valence-corrected chi connectivity index (χ2v) is 6.65. The maximum atomic E-state index is 11.6. The van der Waals surface area contributed by atoms with Crippen molar-refractivity contribution in [2.45, 2.75) is 12.6 Å². The van der Waals surface area contributed by atoms with Gasteiger partial charge in [-0.05, 0) is 17.7 Å². The van der Waals surface area contributed by atoms with Crippen LogP contribution in [0.1, 0.15) is 5.56 Å². The lowest BCUT2D eigenvalue weighted by molar-refractivity contribution is 0.124. The first kappa shape index (κ1) is 16.9. The van der Waals surface area contributed by atoms with Gasteiger partial charge in [-0.15, -0.1) is 0 Å². The number of sulfone groups is 1. The first-order chi connectivity index (χ1) is 9.46. The van der Waals surface area contributed by atoms with Crippen molar-refractivity contribution in [2.24, 2.45) is 5.73 Å². The molecule has 0 aliphatic carbocycles. The van der Waals surface area contributed by atoms with Gasteiger partial charge >= 0.3 is 0 Å². The summed E-state index contributed by atoms with van der Waals surface area (Å²) < 4.78 is 33.3. The summed E-state index contributed by atoms with van der Waals surface area (Å²) >= 11 is 0. The molecule has 3 N–H and O–H groups in total. The highest BCUT2D eigenvalue weighted by atomic mass is 32.2. The Morgan fingerprint density at radius 3 is 2.80 bits per heavy atom. The third kappa shape index (κ3) is 6.33. The van der Waals surface area contributed by atoms with E-state index in [1.807, 2.05) is 6.07 Å². The largest absolute Gasteiger partial charge is 0.491 e. The van der Waals surface area contributed by atoms with Gasteiger partial charge < -0.3 is 20.3 Å². The van der Waals surface area contributed by atoms with Crippen LogP contribution in [0.2, 0.25) is 0 Å². The van der Waals surface area contributed by atoms with E-state index in [1.54, 1.807) is 18.2 Å². The minimum Gasteiger partial charge on any atom is -0.491 e. The topological polar surface area (TPSA) is 98.9 Å². The Labute approximate surface area is 119 Å². The van der Waals surface area contributed by atoms with Crippen molar-refractivity contribution in [1.82, 2.24) is 0 Å². The van der Waals surface area contributed by atoms with Crippen LogP contribution in [-0.2, 0) is 21.1 Å². The first-order valence-electron chi connectivity index (χ1n) is 6.26. The Morgan fingerprint density at radius 1 is 1.40 bits per heavy atom. The molecule has 0 aliphatic heterocycles. The van der Waals surface area contributed by atoms with Crippen LogP contribution < -0.4 is 10.5 Å². The van der Waals surface area contributed by atoms with Crippen molar-refractivity contribution in [3.05, 3.63) is 29.8 Å². The van der Waals surface area contributed by atoms with Gasteiger partial charge in [0.25, 0.3) is 0 Å².